The quantitative estimate of drug-likeness (QED) is 0.166. The fraction of sp³-hybridized carbons (Fsp3) is 0. The minimum Gasteiger partial charge on any atom is -0.258 e. The van der Waals surface area contributed by atoms with Crippen molar-refractivity contribution >= 4 is 45.2 Å². The number of benzene rings is 2. The zero-order valence-corrected chi connectivity index (χ0v) is 20.8. The third kappa shape index (κ3) is 4.74. The van der Waals surface area contributed by atoms with Gasteiger partial charge in [0.15, 0.2) is 11.3 Å². The average molecular weight is 533 g/mol. The third-order valence-electron chi connectivity index (χ3n) is 6.08. The highest BCUT2D eigenvalue weighted by atomic mass is 32.2. The molecule has 188 valence electrons. The highest BCUT2D eigenvalue weighted by Crippen LogP contribution is 2.41. The number of nitro benzene ring substituents is 2. The van der Waals surface area contributed by atoms with Crippen LogP contribution in [0, 0.1) is 20.2 Å². The Kier molecular flexibility index (Phi) is 6.10. The Balaban J connectivity index is 1.53. The molecule has 10 nitrogen and oxygen atoms in total. The van der Waals surface area contributed by atoms with Crippen molar-refractivity contribution in [3.63, 3.8) is 0 Å². The molecule has 6 rings (SSSR count). The van der Waals surface area contributed by atoms with E-state index < -0.39 is 9.85 Å². The molecule has 0 saturated carbocycles. The fourth-order valence-electron chi connectivity index (χ4n) is 4.16. The van der Waals surface area contributed by atoms with Crippen molar-refractivity contribution in [2.24, 2.45) is 0 Å². The smallest absolute Gasteiger partial charge is 0.258 e. The molecule has 0 unspecified atom stereocenters. The Morgan fingerprint density at radius 1 is 0.590 bits per heavy atom. The Morgan fingerprint density at radius 2 is 1.00 bits per heavy atom. The van der Waals surface area contributed by atoms with E-state index in [4.69, 9.17) is 9.97 Å². The van der Waals surface area contributed by atoms with Gasteiger partial charge in [-0.15, -0.1) is 0 Å². The van der Waals surface area contributed by atoms with Crippen molar-refractivity contribution in [3.05, 3.63) is 118 Å². The van der Waals surface area contributed by atoms with Crippen LogP contribution in [0.25, 0.3) is 44.3 Å². The van der Waals surface area contributed by atoms with Gasteiger partial charge in [-0.1, -0.05) is 0 Å². The van der Waals surface area contributed by atoms with E-state index >= 15 is 0 Å². The second-order valence-electron chi connectivity index (χ2n) is 8.49. The summed E-state index contributed by atoms with van der Waals surface area (Å²) in [5.41, 5.74) is 4.08. The maximum absolute atomic E-state index is 11.2. The van der Waals surface area contributed by atoms with Crippen LogP contribution in [0.3, 0.4) is 0 Å². The monoisotopic (exact) mass is 532 g/mol. The molecule has 0 fully saturated rings. The van der Waals surface area contributed by atoms with E-state index in [9.17, 15) is 20.2 Å². The van der Waals surface area contributed by atoms with Gasteiger partial charge < -0.3 is 0 Å². The topological polar surface area (TPSA) is 138 Å². The molecule has 0 spiro atoms. The van der Waals surface area contributed by atoms with Crippen LogP contribution in [0.1, 0.15) is 0 Å². The maximum Gasteiger partial charge on any atom is 0.269 e. The summed E-state index contributed by atoms with van der Waals surface area (Å²) < 4.78 is 0. The zero-order valence-electron chi connectivity index (χ0n) is 20.0. The van der Waals surface area contributed by atoms with Crippen LogP contribution in [0.5, 0.6) is 0 Å². The van der Waals surface area contributed by atoms with Gasteiger partial charge in [-0.25, -0.2) is 19.9 Å². The van der Waals surface area contributed by atoms with Crippen molar-refractivity contribution in [2.45, 2.75) is 10.1 Å². The number of fused-ring (bicyclic) bond motifs is 2. The maximum atomic E-state index is 11.2. The summed E-state index contributed by atoms with van der Waals surface area (Å²) in [5.74, 6) is 0. The number of non-ortho nitro benzene ring substituents is 2. The van der Waals surface area contributed by atoms with E-state index in [1.165, 1.54) is 36.0 Å². The van der Waals surface area contributed by atoms with Gasteiger partial charge in [-0.2, -0.15) is 0 Å². The van der Waals surface area contributed by atoms with Crippen molar-refractivity contribution in [1.82, 2.24) is 19.9 Å². The lowest BCUT2D eigenvalue weighted by atomic mass is 10.1. The van der Waals surface area contributed by atoms with Crippen LogP contribution < -0.4 is 0 Å². The largest absolute Gasteiger partial charge is 0.269 e. The molecule has 6 aromatic rings. The average Bonchev–Trinajstić information content (AvgIpc) is 2.96. The number of pyridine rings is 4. The normalized spacial score (nSPS) is 11.1. The molecule has 39 heavy (non-hydrogen) atoms. The van der Waals surface area contributed by atoms with Crippen molar-refractivity contribution in [2.75, 3.05) is 0 Å². The van der Waals surface area contributed by atoms with Gasteiger partial charge >= 0.3 is 0 Å². The summed E-state index contributed by atoms with van der Waals surface area (Å²) in [6.45, 7) is 0. The number of hydrogen-bond donors (Lipinski definition) is 0. The number of nitro groups is 2. The Bertz CT molecular complexity index is 1760. The second-order valence-corrected chi connectivity index (χ2v) is 9.47. The van der Waals surface area contributed by atoms with E-state index in [1.54, 1.807) is 36.7 Å². The lowest BCUT2D eigenvalue weighted by molar-refractivity contribution is -0.385. The number of aromatic nitrogens is 4. The first kappa shape index (κ1) is 24.1. The first-order chi connectivity index (χ1) is 19.0. The molecule has 0 N–H and O–H groups in total. The van der Waals surface area contributed by atoms with E-state index in [0.29, 0.717) is 21.3 Å². The molecule has 0 amide bonds. The lowest BCUT2D eigenvalue weighted by Crippen LogP contribution is -1.95. The van der Waals surface area contributed by atoms with Gasteiger partial charge in [0.25, 0.3) is 11.4 Å². The number of hydrogen-bond acceptors (Lipinski definition) is 9. The van der Waals surface area contributed by atoms with Gasteiger partial charge in [0.05, 0.1) is 9.85 Å². The summed E-state index contributed by atoms with van der Waals surface area (Å²) in [4.78, 5) is 40.0. The molecule has 0 aliphatic carbocycles. The van der Waals surface area contributed by atoms with Crippen LogP contribution >= 0.6 is 11.8 Å². The highest BCUT2D eigenvalue weighted by molar-refractivity contribution is 7.99. The third-order valence-corrected chi connectivity index (χ3v) is 7.09. The number of nitrogens with zero attached hydrogens (tertiary/aromatic N) is 6. The molecule has 0 saturated heterocycles. The molecule has 4 heterocycles. The Hall–Kier alpha value is -5.29. The minimum absolute atomic E-state index is 0.00824. The van der Waals surface area contributed by atoms with E-state index in [-0.39, 0.29) is 11.4 Å². The summed E-state index contributed by atoms with van der Waals surface area (Å²) in [7, 11) is 0. The molecule has 0 bridgehead atoms. The molecule has 0 aliphatic heterocycles. The molecule has 0 radical (unpaired) electrons. The highest BCUT2D eigenvalue weighted by Gasteiger charge is 2.18. The van der Waals surface area contributed by atoms with Crippen LogP contribution in [0.2, 0.25) is 0 Å². The standard InChI is InChI=1S/C28H16N6O4S/c35-33(36)21-9-5-17(6-10-21)23-15-19-3-1-13-29-25(19)31-27(23)39-28-24(16-20-4-2-14-30-26(20)32-28)18-7-11-22(12-8-18)34(37)38/h1-16H. The van der Waals surface area contributed by atoms with Crippen LogP contribution in [-0.2, 0) is 0 Å². The summed E-state index contributed by atoms with van der Waals surface area (Å²) in [5, 5.41) is 25.2. The van der Waals surface area contributed by atoms with Crippen LogP contribution in [0.4, 0.5) is 11.4 Å². The van der Waals surface area contributed by atoms with Gasteiger partial charge in [-0.05, 0) is 83.6 Å². The lowest BCUT2D eigenvalue weighted by Gasteiger charge is -2.13. The fourth-order valence-corrected chi connectivity index (χ4v) is 5.19. The van der Waals surface area contributed by atoms with E-state index in [2.05, 4.69) is 9.97 Å². The zero-order chi connectivity index (χ0) is 26.9. The van der Waals surface area contributed by atoms with Crippen molar-refractivity contribution in [1.29, 1.82) is 0 Å². The number of rotatable bonds is 6. The first-order valence-corrected chi connectivity index (χ1v) is 12.5. The van der Waals surface area contributed by atoms with Gasteiger partial charge in [0.1, 0.15) is 10.1 Å². The minimum atomic E-state index is -0.440. The predicted molar refractivity (Wildman–Crippen MR) is 147 cm³/mol. The van der Waals surface area contributed by atoms with Crippen LogP contribution in [0.15, 0.2) is 107 Å². The molecule has 4 aromatic heterocycles. The van der Waals surface area contributed by atoms with Gasteiger partial charge in [-0.3, -0.25) is 20.2 Å². The molecular formula is C28H16N6O4S. The van der Waals surface area contributed by atoms with Crippen molar-refractivity contribution in [3.8, 4) is 22.3 Å². The molecular weight excluding hydrogens is 516 g/mol. The first-order valence-electron chi connectivity index (χ1n) is 11.7. The van der Waals surface area contributed by atoms with Crippen molar-refractivity contribution < 1.29 is 9.85 Å². The summed E-state index contributed by atoms with van der Waals surface area (Å²) in [6.07, 6.45) is 3.33. The Labute approximate surface area is 224 Å². The van der Waals surface area contributed by atoms with E-state index in [1.807, 2.05) is 36.4 Å². The van der Waals surface area contributed by atoms with Gasteiger partial charge in [0, 0.05) is 58.6 Å². The summed E-state index contributed by atoms with van der Waals surface area (Å²) in [6, 6.07) is 23.9. The molecule has 0 atom stereocenters. The van der Waals surface area contributed by atoms with E-state index in [0.717, 1.165) is 33.0 Å². The Morgan fingerprint density at radius 3 is 1.38 bits per heavy atom. The molecule has 0 aliphatic rings. The SMILES string of the molecule is O=[N+]([O-])c1ccc(-c2cc3cccnc3nc2Sc2nc3ncccc3cc2-c2ccc([N+](=O)[O-])cc2)cc1. The molecule has 11 heteroatoms. The second kappa shape index (κ2) is 9.88. The van der Waals surface area contributed by atoms with Gasteiger partial charge in [0.2, 0.25) is 0 Å². The predicted octanol–water partition coefficient (Wildman–Crippen LogP) is 6.87. The molecule has 2 aromatic carbocycles. The summed E-state index contributed by atoms with van der Waals surface area (Å²) >= 11 is 1.31. The van der Waals surface area contributed by atoms with Crippen LogP contribution in [-0.4, -0.2) is 29.8 Å².